The number of nitrogens with zero attached hydrogens (tertiary/aromatic N) is 3. The highest BCUT2D eigenvalue weighted by atomic mass is 16.6. The summed E-state index contributed by atoms with van der Waals surface area (Å²) < 4.78 is 10.2. The third kappa shape index (κ3) is 4.40. The van der Waals surface area contributed by atoms with Crippen LogP contribution in [0.3, 0.4) is 0 Å². The minimum atomic E-state index is -0.888. The van der Waals surface area contributed by atoms with Crippen molar-refractivity contribution in [2.75, 3.05) is 26.3 Å². The molecular weight excluding hydrogens is 380 g/mol. The molecule has 0 saturated carbocycles. The molecule has 2 aromatic rings. The summed E-state index contributed by atoms with van der Waals surface area (Å²) in [7, 11) is 0. The van der Waals surface area contributed by atoms with Gasteiger partial charge in [0.1, 0.15) is 11.6 Å². The van der Waals surface area contributed by atoms with Crippen LogP contribution in [0.4, 0.5) is 5.69 Å². The van der Waals surface area contributed by atoms with E-state index >= 15 is 0 Å². The minimum Gasteiger partial charge on any atom is -0.422 e. The van der Waals surface area contributed by atoms with Crippen LogP contribution < -0.4 is 21.3 Å². The van der Waals surface area contributed by atoms with Crippen LogP contribution in [0.5, 0.6) is 5.88 Å². The molecule has 150 valence electrons. The smallest absolute Gasteiger partial charge is 0.269 e. The lowest BCUT2D eigenvalue weighted by Crippen LogP contribution is -2.30. The summed E-state index contributed by atoms with van der Waals surface area (Å²) in [5.41, 5.74) is 5.52. The van der Waals surface area contributed by atoms with Crippen molar-refractivity contribution in [3.8, 4) is 11.9 Å². The van der Waals surface area contributed by atoms with E-state index in [9.17, 15) is 20.2 Å². The van der Waals surface area contributed by atoms with Crippen LogP contribution in [0.25, 0.3) is 0 Å². The van der Waals surface area contributed by atoms with E-state index in [1.807, 2.05) is 6.07 Å². The molecule has 3 heterocycles. The molecule has 1 aromatic heterocycles. The predicted octanol–water partition coefficient (Wildman–Crippen LogP) is 0.502. The number of fused-ring (bicyclic) bond motifs is 1. The summed E-state index contributed by atoms with van der Waals surface area (Å²) in [5, 5.41) is 23.5. The first-order valence-electron chi connectivity index (χ1n) is 8.71. The van der Waals surface area contributed by atoms with Crippen LogP contribution in [0.15, 0.2) is 46.8 Å². The van der Waals surface area contributed by atoms with E-state index in [0.29, 0.717) is 5.56 Å². The Morgan fingerprint density at radius 3 is 2.69 bits per heavy atom. The van der Waals surface area contributed by atoms with Gasteiger partial charge in [-0.05, 0) is 5.56 Å². The van der Waals surface area contributed by atoms with E-state index in [1.165, 1.54) is 18.2 Å². The van der Waals surface area contributed by atoms with Crippen LogP contribution in [0.1, 0.15) is 17.0 Å². The average molecular weight is 398 g/mol. The second kappa shape index (κ2) is 8.96. The predicted molar refractivity (Wildman–Crippen MR) is 101 cm³/mol. The minimum absolute atomic E-state index is 0.00324. The van der Waals surface area contributed by atoms with Gasteiger partial charge in [-0.25, -0.2) is 4.98 Å². The first-order chi connectivity index (χ1) is 14.0. The van der Waals surface area contributed by atoms with Gasteiger partial charge in [-0.3, -0.25) is 14.9 Å². The van der Waals surface area contributed by atoms with Crippen LogP contribution in [0, 0.1) is 21.4 Å². The van der Waals surface area contributed by atoms with Crippen LogP contribution in [0.2, 0.25) is 0 Å². The van der Waals surface area contributed by atoms with Crippen LogP contribution in [-0.2, 0) is 4.74 Å². The Balaban J connectivity index is 0.000000343. The number of hydrogen-bond donors (Lipinski definition) is 3. The van der Waals surface area contributed by atoms with E-state index in [2.05, 4.69) is 15.3 Å². The lowest BCUT2D eigenvalue weighted by molar-refractivity contribution is -0.384. The number of non-ortho nitro benzene ring substituents is 1. The second-order valence-electron chi connectivity index (χ2n) is 6.09. The highest BCUT2D eigenvalue weighted by Gasteiger charge is 2.34. The molecule has 1 unspecified atom stereocenters. The van der Waals surface area contributed by atoms with E-state index in [4.69, 9.17) is 15.2 Å². The van der Waals surface area contributed by atoms with E-state index < -0.39 is 16.4 Å². The normalized spacial score (nSPS) is 17.8. The highest BCUT2D eigenvalue weighted by Crippen LogP contribution is 2.39. The number of aromatic nitrogens is 2. The SMILES string of the molecule is C1COCCN1.N#CC1=C(N)Oc2nc[nH]c(=O)c2C1c1cccc([N+](=O)[O-])c1. The fourth-order valence-corrected chi connectivity index (χ4v) is 2.96. The molecule has 1 fully saturated rings. The molecule has 0 aliphatic carbocycles. The third-order valence-electron chi connectivity index (χ3n) is 4.28. The van der Waals surface area contributed by atoms with Crippen LogP contribution >= 0.6 is 0 Å². The Hall–Kier alpha value is -3.75. The molecule has 0 spiro atoms. The Bertz CT molecular complexity index is 1030. The molecule has 0 amide bonds. The van der Waals surface area contributed by atoms with Crippen molar-refractivity contribution in [3.63, 3.8) is 0 Å². The summed E-state index contributed by atoms with van der Waals surface area (Å²) in [6.45, 7) is 3.83. The molecule has 1 atom stereocenters. The van der Waals surface area contributed by atoms with Gasteiger partial charge < -0.3 is 25.5 Å². The molecule has 11 nitrogen and oxygen atoms in total. The number of rotatable bonds is 2. The number of H-pyrrole nitrogens is 1. The van der Waals surface area contributed by atoms with Crippen LogP contribution in [-0.4, -0.2) is 41.2 Å². The van der Waals surface area contributed by atoms with Gasteiger partial charge in [0.2, 0.25) is 11.8 Å². The molecule has 1 saturated heterocycles. The first-order valence-corrected chi connectivity index (χ1v) is 8.71. The largest absolute Gasteiger partial charge is 0.422 e. The highest BCUT2D eigenvalue weighted by molar-refractivity contribution is 5.54. The zero-order valence-electron chi connectivity index (χ0n) is 15.3. The fraction of sp³-hybridized carbons (Fsp3) is 0.278. The second-order valence-corrected chi connectivity index (χ2v) is 6.09. The van der Waals surface area contributed by atoms with Gasteiger partial charge in [0.15, 0.2) is 0 Å². The van der Waals surface area contributed by atoms with Crippen molar-refractivity contribution in [2.45, 2.75) is 5.92 Å². The number of nitriles is 1. The molecule has 4 N–H and O–H groups in total. The number of nitro groups is 1. The molecule has 2 aliphatic heterocycles. The van der Waals surface area contributed by atoms with E-state index in [0.717, 1.165) is 32.6 Å². The average Bonchev–Trinajstić information content (AvgIpc) is 2.74. The van der Waals surface area contributed by atoms with Gasteiger partial charge in [-0.2, -0.15) is 5.26 Å². The van der Waals surface area contributed by atoms with Crippen molar-refractivity contribution in [2.24, 2.45) is 5.73 Å². The number of ether oxygens (including phenoxy) is 2. The molecule has 1 aromatic carbocycles. The number of nitro benzene ring substituents is 1. The summed E-state index contributed by atoms with van der Waals surface area (Å²) in [5.74, 6) is -1.10. The van der Waals surface area contributed by atoms with Gasteiger partial charge in [-0.1, -0.05) is 12.1 Å². The van der Waals surface area contributed by atoms with Gasteiger partial charge in [0, 0.05) is 25.2 Å². The first kappa shape index (κ1) is 20.0. The molecule has 4 rings (SSSR count). The topological polar surface area (TPSA) is 169 Å². The van der Waals surface area contributed by atoms with Crippen molar-refractivity contribution >= 4 is 5.69 Å². The zero-order valence-corrected chi connectivity index (χ0v) is 15.3. The summed E-state index contributed by atoms with van der Waals surface area (Å²) in [6.07, 6.45) is 1.15. The van der Waals surface area contributed by atoms with Gasteiger partial charge >= 0.3 is 0 Å². The molecule has 29 heavy (non-hydrogen) atoms. The number of morpholine rings is 1. The number of allylic oxidation sites excluding steroid dienone is 1. The van der Waals surface area contributed by atoms with Gasteiger partial charge in [0.25, 0.3) is 11.2 Å². The quantitative estimate of drug-likeness (QED) is 0.481. The molecule has 0 radical (unpaired) electrons. The molecule has 2 aliphatic rings. The fourth-order valence-electron chi connectivity index (χ4n) is 2.96. The maximum Gasteiger partial charge on any atom is 0.269 e. The number of hydrogen-bond acceptors (Lipinski definition) is 9. The summed E-state index contributed by atoms with van der Waals surface area (Å²) in [6, 6.07) is 7.55. The summed E-state index contributed by atoms with van der Waals surface area (Å²) >= 11 is 0. The Morgan fingerprint density at radius 1 is 1.34 bits per heavy atom. The maximum atomic E-state index is 12.2. The van der Waals surface area contributed by atoms with Gasteiger partial charge in [-0.15, -0.1) is 0 Å². The van der Waals surface area contributed by atoms with Crippen molar-refractivity contribution in [1.82, 2.24) is 15.3 Å². The molecular formula is C18H18N6O5. The number of nitrogens with one attached hydrogen (secondary N) is 2. The van der Waals surface area contributed by atoms with Gasteiger partial charge in [0.05, 0.1) is 35.9 Å². The number of nitrogens with two attached hydrogens (primary N) is 1. The molecule has 0 bridgehead atoms. The Morgan fingerprint density at radius 2 is 2.10 bits per heavy atom. The molecule has 11 heteroatoms. The standard InChI is InChI=1S/C14H9N5O4.C4H9NO/c15-5-9-10(7-2-1-3-8(4-7)19(21)22)11-13(20)17-6-18-14(11)23-12(9)16;1-3-6-4-2-5-1/h1-4,6,10H,16H2,(H,17,18,20);5H,1-4H2. The number of benzene rings is 1. The monoisotopic (exact) mass is 398 g/mol. The van der Waals surface area contributed by atoms with E-state index in [-0.39, 0.29) is 28.6 Å². The van der Waals surface area contributed by atoms with Crippen molar-refractivity contribution in [3.05, 3.63) is 73.6 Å². The summed E-state index contributed by atoms with van der Waals surface area (Å²) in [4.78, 5) is 28.9. The zero-order chi connectivity index (χ0) is 20.8. The third-order valence-corrected chi connectivity index (χ3v) is 4.28. The van der Waals surface area contributed by atoms with E-state index in [1.54, 1.807) is 6.07 Å². The lowest BCUT2D eigenvalue weighted by atomic mass is 9.85. The Labute approximate surface area is 164 Å². The lowest BCUT2D eigenvalue weighted by Gasteiger charge is -2.24. The number of aromatic amines is 1. The van der Waals surface area contributed by atoms with Crippen molar-refractivity contribution in [1.29, 1.82) is 5.26 Å². The van der Waals surface area contributed by atoms with Crippen molar-refractivity contribution < 1.29 is 14.4 Å². The maximum absolute atomic E-state index is 12.2. The Kier molecular flexibility index (Phi) is 6.18.